The van der Waals surface area contributed by atoms with E-state index in [-0.39, 0.29) is 32.7 Å². The molecule has 1 N–H and O–H groups in total. The molecule has 2 rings (SSSR count). The largest absolute Gasteiger partial charge is 0.414 e. The summed E-state index contributed by atoms with van der Waals surface area (Å²) >= 11 is 0. The zero-order valence-corrected chi connectivity index (χ0v) is 13.2. The van der Waals surface area contributed by atoms with E-state index in [4.69, 9.17) is 0 Å². The highest BCUT2D eigenvalue weighted by atomic mass is 32.2. The van der Waals surface area contributed by atoms with Crippen LogP contribution in [0.1, 0.15) is 12.8 Å². The molecule has 2 unspecified atom stereocenters. The number of alkyl halides is 3. The van der Waals surface area contributed by atoms with Crippen LogP contribution in [0.4, 0.5) is 13.2 Å². The molecule has 2 saturated heterocycles. The molecule has 0 aromatic heterocycles. The molecule has 130 valence electrons. The van der Waals surface area contributed by atoms with Crippen LogP contribution in [0.5, 0.6) is 0 Å². The predicted molar refractivity (Wildman–Crippen MR) is 71.1 cm³/mol. The van der Waals surface area contributed by atoms with Crippen molar-refractivity contribution in [2.45, 2.75) is 30.4 Å². The van der Waals surface area contributed by atoms with Crippen molar-refractivity contribution in [3.05, 3.63) is 0 Å². The number of halogens is 3. The Morgan fingerprint density at radius 1 is 1.23 bits per heavy atom. The van der Waals surface area contributed by atoms with Gasteiger partial charge in [-0.05, 0) is 6.42 Å². The highest BCUT2D eigenvalue weighted by molar-refractivity contribution is 7.90. The van der Waals surface area contributed by atoms with Crippen molar-refractivity contribution in [2.24, 2.45) is 0 Å². The average Bonchev–Trinajstić information content (AvgIpc) is 2.59. The molecule has 2 atom stereocenters. The lowest BCUT2D eigenvalue weighted by molar-refractivity contribution is -0.229. The van der Waals surface area contributed by atoms with Crippen molar-refractivity contribution in [1.29, 1.82) is 0 Å². The minimum absolute atomic E-state index is 0.0361. The molecule has 7 nitrogen and oxygen atoms in total. The molecule has 0 radical (unpaired) electrons. The molecule has 2 fully saturated rings. The SMILES string of the molecule is O=S1(=O)CCN(S(=O)(=O)C2CCOC(C(F)(F)F)C2)CCN1. The Morgan fingerprint density at radius 2 is 1.91 bits per heavy atom. The number of rotatable bonds is 2. The third-order valence-corrected chi connectivity index (χ3v) is 7.39. The molecule has 0 saturated carbocycles. The lowest BCUT2D eigenvalue weighted by Crippen LogP contribution is -2.48. The summed E-state index contributed by atoms with van der Waals surface area (Å²) in [4.78, 5) is 0. The number of hydrogen-bond donors (Lipinski definition) is 1. The molecule has 0 amide bonds. The number of hydrogen-bond acceptors (Lipinski definition) is 5. The summed E-state index contributed by atoms with van der Waals surface area (Å²) in [5, 5.41) is -1.21. The van der Waals surface area contributed by atoms with Crippen LogP contribution in [0, 0.1) is 0 Å². The van der Waals surface area contributed by atoms with Crippen LogP contribution in [0.3, 0.4) is 0 Å². The third-order valence-electron chi connectivity index (χ3n) is 3.67. The van der Waals surface area contributed by atoms with E-state index in [9.17, 15) is 30.0 Å². The molecular formula is C10H17F3N2O5S2. The van der Waals surface area contributed by atoms with Crippen LogP contribution in [0.15, 0.2) is 0 Å². The smallest absolute Gasteiger partial charge is 0.369 e. The quantitative estimate of drug-likeness (QED) is 0.722. The summed E-state index contributed by atoms with van der Waals surface area (Å²) in [6.45, 7) is -0.729. The molecule has 2 heterocycles. The Labute approximate surface area is 126 Å². The van der Waals surface area contributed by atoms with Crippen molar-refractivity contribution >= 4 is 20.0 Å². The van der Waals surface area contributed by atoms with Gasteiger partial charge in [-0.15, -0.1) is 0 Å². The van der Waals surface area contributed by atoms with Crippen molar-refractivity contribution in [1.82, 2.24) is 9.03 Å². The lowest BCUT2D eigenvalue weighted by atomic mass is 10.1. The maximum atomic E-state index is 12.7. The standard InChI is InChI=1S/C10H17F3N2O5S2/c11-10(12,13)9-7-8(1-5-20-9)22(18,19)15-3-2-14-21(16,17)6-4-15/h8-9,14H,1-7H2. The Morgan fingerprint density at radius 3 is 2.55 bits per heavy atom. The fraction of sp³-hybridized carbons (Fsp3) is 1.00. The van der Waals surface area contributed by atoms with Crippen LogP contribution >= 0.6 is 0 Å². The van der Waals surface area contributed by atoms with Crippen molar-refractivity contribution in [2.75, 3.05) is 32.0 Å². The van der Waals surface area contributed by atoms with E-state index in [1.165, 1.54) is 0 Å². The molecule has 12 heteroatoms. The summed E-state index contributed by atoms with van der Waals surface area (Å²) in [5.74, 6) is -0.405. The molecule has 22 heavy (non-hydrogen) atoms. The van der Waals surface area contributed by atoms with Crippen molar-refractivity contribution in [3.8, 4) is 0 Å². The van der Waals surface area contributed by atoms with E-state index in [2.05, 4.69) is 9.46 Å². The van der Waals surface area contributed by atoms with Gasteiger partial charge in [0.1, 0.15) is 0 Å². The van der Waals surface area contributed by atoms with Gasteiger partial charge < -0.3 is 4.74 Å². The van der Waals surface area contributed by atoms with Crippen molar-refractivity contribution in [3.63, 3.8) is 0 Å². The molecule has 0 spiro atoms. The topological polar surface area (TPSA) is 92.8 Å². The summed E-state index contributed by atoms with van der Waals surface area (Å²) in [5.41, 5.74) is 0. The van der Waals surface area contributed by atoms with Gasteiger partial charge in [0, 0.05) is 32.7 Å². The van der Waals surface area contributed by atoms with E-state index in [1.54, 1.807) is 0 Å². The van der Waals surface area contributed by atoms with Gasteiger partial charge in [-0.25, -0.2) is 21.6 Å². The normalized spacial score (nSPS) is 31.6. The lowest BCUT2D eigenvalue weighted by Gasteiger charge is -2.33. The second kappa shape index (κ2) is 6.23. The van der Waals surface area contributed by atoms with Crippen LogP contribution in [0.25, 0.3) is 0 Å². The minimum atomic E-state index is -4.61. The first-order chi connectivity index (χ1) is 10.0. The Balaban J connectivity index is 2.12. The summed E-state index contributed by atoms with van der Waals surface area (Å²) in [6.07, 6.45) is -7.42. The summed E-state index contributed by atoms with van der Waals surface area (Å²) in [6, 6.07) is 0. The van der Waals surface area contributed by atoms with E-state index < -0.39 is 49.8 Å². The molecule has 0 bridgehead atoms. The first-order valence-electron chi connectivity index (χ1n) is 6.67. The number of nitrogens with zero attached hydrogens (tertiary/aromatic N) is 1. The third kappa shape index (κ3) is 4.10. The second-order valence-corrected chi connectivity index (χ2v) is 9.34. The highest BCUT2D eigenvalue weighted by Crippen LogP contribution is 2.33. The zero-order chi connectivity index (χ0) is 16.6. The van der Waals surface area contributed by atoms with Gasteiger partial charge in [-0.1, -0.05) is 0 Å². The van der Waals surface area contributed by atoms with Crippen LogP contribution in [-0.2, 0) is 24.8 Å². The number of nitrogens with one attached hydrogen (secondary N) is 1. The van der Waals surface area contributed by atoms with Gasteiger partial charge in [-0.3, -0.25) is 0 Å². The minimum Gasteiger partial charge on any atom is -0.369 e. The maximum Gasteiger partial charge on any atom is 0.414 e. The van der Waals surface area contributed by atoms with Crippen molar-refractivity contribution < 1.29 is 34.7 Å². The van der Waals surface area contributed by atoms with Gasteiger partial charge in [0.25, 0.3) is 0 Å². The fourth-order valence-electron chi connectivity index (χ4n) is 2.46. The molecule has 0 aromatic carbocycles. The second-order valence-electron chi connectivity index (χ2n) is 5.20. The molecule has 0 aromatic rings. The van der Waals surface area contributed by atoms with E-state index in [0.29, 0.717) is 0 Å². The monoisotopic (exact) mass is 366 g/mol. The Hall–Kier alpha value is -0.430. The summed E-state index contributed by atoms with van der Waals surface area (Å²) in [7, 11) is -7.54. The van der Waals surface area contributed by atoms with E-state index >= 15 is 0 Å². The number of ether oxygens (including phenoxy) is 1. The van der Waals surface area contributed by atoms with Gasteiger partial charge in [-0.2, -0.15) is 17.5 Å². The van der Waals surface area contributed by atoms with Gasteiger partial charge in [0.05, 0.1) is 11.0 Å². The van der Waals surface area contributed by atoms with Gasteiger partial charge in [0.2, 0.25) is 20.0 Å². The van der Waals surface area contributed by atoms with Gasteiger partial charge >= 0.3 is 6.18 Å². The Bertz CT molecular complexity index is 605. The molecule has 2 aliphatic heterocycles. The first-order valence-corrected chi connectivity index (χ1v) is 9.82. The molecule has 2 aliphatic rings. The van der Waals surface area contributed by atoms with E-state index in [0.717, 1.165) is 4.31 Å². The predicted octanol–water partition coefficient (Wildman–Crippen LogP) is -0.339. The van der Waals surface area contributed by atoms with E-state index in [1.807, 2.05) is 0 Å². The van der Waals surface area contributed by atoms with Crippen LogP contribution in [-0.4, -0.2) is 70.7 Å². The zero-order valence-electron chi connectivity index (χ0n) is 11.5. The fourth-order valence-corrected chi connectivity index (χ4v) is 5.51. The maximum absolute atomic E-state index is 12.7. The first kappa shape index (κ1) is 17.9. The van der Waals surface area contributed by atoms with Crippen LogP contribution < -0.4 is 4.72 Å². The summed E-state index contributed by atoms with van der Waals surface area (Å²) < 4.78 is 93.6. The average molecular weight is 366 g/mol. The Kier molecular flexibility index (Phi) is 5.07. The molecule has 0 aliphatic carbocycles. The van der Waals surface area contributed by atoms with Gasteiger partial charge in [0.15, 0.2) is 6.10 Å². The molecular weight excluding hydrogens is 349 g/mol. The van der Waals surface area contributed by atoms with Crippen LogP contribution in [0.2, 0.25) is 0 Å². The number of sulfonamides is 2. The highest BCUT2D eigenvalue weighted by Gasteiger charge is 2.47.